The molecule has 0 N–H and O–H groups in total. The fraction of sp³-hybridized carbons (Fsp3) is 0.957. The topological polar surface area (TPSA) is 35.5 Å². The van der Waals surface area contributed by atoms with Crippen molar-refractivity contribution in [3.05, 3.63) is 0 Å². The van der Waals surface area contributed by atoms with E-state index in [4.69, 9.17) is 9.47 Å². The van der Waals surface area contributed by atoms with Crippen LogP contribution in [0, 0.1) is 40.4 Å². The van der Waals surface area contributed by atoms with E-state index >= 15 is 0 Å². The Kier molecular flexibility index (Phi) is 4.59. The number of hydrogen-bond donors (Lipinski definition) is 0. The molecule has 4 fully saturated rings. The lowest BCUT2D eigenvalue weighted by Crippen LogP contribution is -2.56. The lowest BCUT2D eigenvalue weighted by Gasteiger charge is -2.62. The van der Waals surface area contributed by atoms with Gasteiger partial charge < -0.3 is 9.47 Å². The monoisotopic (exact) mass is 362 g/mol. The molecule has 0 aromatic carbocycles. The highest BCUT2D eigenvalue weighted by Gasteiger charge is 2.62. The number of carbonyl (C=O) groups is 1. The van der Waals surface area contributed by atoms with Crippen molar-refractivity contribution < 1.29 is 14.3 Å². The van der Waals surface area contributed by atoms with Crippen molar-refractivity contribution in [2.24, 2.45) is 40.4 Å². The second kappa shape index (κ2) is 6.30. The van der Waals surface area contributed by atoms with E-state index in [0.717, 1.165) is 37.0 Å². The number of ether oxygens (including phenoxy) is 2. The van der Waals surface area contributed by atoms with Crippen molar-refractivity contribution in [2.45, 2.75) is 84.3 Å². The van der Waals surface area contributed by atoms with Crippen molar-refractivity contribution in [2.75, 3.05) is 14.2 Å². The summed E-state index contributed by atoms with van der Waals surface area (Å²) in [5.41, 5.74) is 0.701. The van der Waals surface area contributed by atoms with E-state index in [1.165, 1.54) is 38.5 Å². The molecule has 0 aromatic rings. The normalized spacial score (nSPS) is 49.8. The van der Waals surface area contributed by atoms with Crippen LogP contribution in [0.15, 0.2) is 0 Å². The Morgan fingerprint density at radius 2 is 1.54 bits per heavy atom. The van der Waals surface area contributed by atoms with Gasteiger partial charge in [-0.25, -0.2) is 0 Å². The standard InChI is InChI=1S/C23H38O3/c1-15(24)18-8-9-19-17-7-6-16-14-23(25-4,26-5)13-12-21(16,2)20(17)10-11-22(18,19)3/h16-20H,6-14H2,1-5H3. The first-order valence-corrected chi connectivity index (χ1v) is 10.9. The first-order chi connectivity index (χ1) is 12.3. The van der Waals surface area contributed by atoms with Gasteiger partial charge in [-0.05, 0) is 86.4 Å². The van der Waals surface area contributed by atoms with Crippen LogP contribution in [0.5, 0.6) is 0 Å². The molecule has 4 aliphatic carbocycles. The molecule has 0 bridgehead atoms. The molecule has 26 heavy (non-hydrogen) atoms. The zero-order valence-corrected chi connectivity index (χ0v) is 17.5. The number of hydrogen-bond acceptors (Lipinski definition) is 3. The smallest absolute Gasteiger partial charge is 0.167 e. The molecule has 0 aliphatic heterocycles. The highest BCUT2D eigenvalue weighted by molar-refractivity contribution is 5.79. The molecule has 3 nitrogen and oxygen atoms in total. The van der Waals surface area contributed by atoms with Gasteiger partial charge in [-0.1, -0.05) is 13.8 Å². The summed E-state index contributed by atoms with van der Waals surface area (Å²) < 4.78 is 11.6. The van der Waals surface area contributed by atoms with Gasteiger partial charge in [0.2, 0.25) is 0 Å². The SMILES string of the molecule is COC1(OC)CCC2(C)C(CCC3C2CCC2(C)C(C(C)=O)CCC32)C1. The van der Waals surface area contributed by atoms with E-state index in [2.05, 4.69) is 13.8 Å². The minimum absolute atomic E-state index is 0.272. The second-order valence-electron chi connectivity index (χ2n) is 10.5. The lowest BCUT2D eigenvalue weighted by molar-refractivity contribution is -0.261. The van der Waals surface area contributed by atoms with Gasteiger partial charge in [0.05, 0.1) is 0 Å². The predicted molar refractivity (Wildman–Crippen MR) is 103 cm³/mol. The van der Waals surface area contributed by atoms with Crippen molar-refractivity contribution in [3.63, 3.8) is 0 Å². The van der Waals surface area contributed by atoms with E-state index in [9.17, 15) is 4.79 Å². The summed E-state index contributed by atoms with van der Waals surface area (Å²) in [4.78, 5) is 12.3. The number of methoxy groups -OCH3 is 2. The third-order valence-corrected chi connectivity index (χ3v) is 9.90. The Labute approximate surface area is 159 Å². The largest absolute Gasteiger partial charge is 0.353 e. The van der Waals surface area contributed by atoms with E-state index < -0.39 is 0 Å². The number of ketones is 1. The molecule has 4 rings (SSSR count). The number of Topliss-reactive ketones (excluding diaryl/α,β-unsaturated/α-hetero) is 1. The Bertz CT molecular complexity index is 568. The fourth-order valence-corrected chi connectivity index (χ4v) is 8.32. The zero-order valence-electron chi connectivity index (χ0n) is 17.5. The molecular formula is C23H38O3. The van der Waals surface area contributed by atoms with Crippen LogP contribution in [-0.2, 0) is 14.3 Å². The van der Waals surface area contributed by atoms with Gasteiger partial charge in [0.15, 0.2) is 5.79 Å². The third kappa shape index (κ3) is 2.49. The van der Waals surface area contributed by atoms with Crippen LogP contribution in [0.4, 0.5) is 0 Å². The summed E-state index contributed by atoms with van der Waals surface area (Å²) in [5.74, 6) is 3.55. The summed E-state index contributed by atoms with van der Waals surface area (Å²) in [7, 11) is 3.62. The van der Waals surface area contributed by atoms with Crippen LogP contribution in [0.25, 0.3) is 0 Å². The Morgan fingerprint density at radius 3 is 2.19 bits per heavy atom. The van der Waals surface area contributed by atoms with Gasteiger partial charge in [-0.15, -0.1) is 0 Å². The Hall–Kier alpha value is -0.410. The van der Waals surface area contributed by atoms with Crippen molar-refractivity contribution in [3.8, 4) is 0 Å². The molecule has 7 atom stereocenters. The lowest BCUT2D eigenvalue weighted by atomic mass is 9.44. The minimum atomic E-state index is -0.354. The molecule has 4 aliphatic rings. The fourth-order valence-electron chi connectivity index (χ4n) is 8.32. The van der Waals surface area contributed by atoms with E-state index in [1.807, 2.05) is 21.1 Å². The average Bonchev–Trinajstić information content (AvgIpc) is 2.99. The van der Waals surface area contributed by atoms with Crippen LogP contribution in [0.3, 0.4) is 0 Å². The van der Waals surface area contributed by atoms with Gasteiger partial charge in [0.25, 0.3) is 0 Å². The maximum Gasteiger partial charge on any atom is 0.167 e. The first kappa shape index (κ1) is 18.9. The maximum absolute atomic E-state index is 12.3. The Morgan fingerprint density at radius 1 is 0.846 bits per heavy atom. The Balaban J connectivity index is 1.58. The summed E-state index contributed by atoms with van der Waals surface area (Å²) in [6.45, 7) is 6.85. The first-order valence-electron chi connectivity index (χ1n) is 10.9. The molecule has 0 aromatic heterocycles. The molecule has 3 heteroatoms. The van der Waals surface area contributed by atoms with Crippen LogP contribution in [-0.4, -0.2) is 25.8 Å². The van der Waals surface area contributed by atoms with Crippen LogP contribution in [0.1, 0.15) is 78.6 Å². The van der Waals surface area contributed by atoms with Gasteiger partial charge in [-0.2, -0.15) is 0 Å². The van der Waals surface area contributed by atoms with E-state index in [0.29, 0.717) is 23.0 Å². The van der Waals surface area contributed by atoms with Crippen molar-refractivity contribution >= 4 is 5.78 Å². The van der Waals surface area contributed by atoms with Gasteiger partial charge >= 0.3 is 0 Å². The summed E-state index contributed by atoms with van der Waals surface area (Å²) in [6, 6.07) is 0. The predicted octanol–water partition coefficient (Wildman–Crippen LogP) is 5.22. The summed E-state index contributed by atoms with van der Waals surface area (Å²) >= 11 is 0. The van der Waals surface area contributed by atoms with Crippen LogP contribution in [0.2, 0.25) is 0 Å². The molecule has 0 saturated heterocycles. The average molecular weight is 363 g/mol. The molecule has 0 heterocycles. The van der Waals surface area contributed by atoms with Crippen molar-refractivity contribution in [1.29, 1.82) is 0 Å². The quantitative estimate of drug-likeness (QED) is 0.645. The molecule has 0 spiro atoms. The summed E-state index contributed by atoms with van der Waals surface area (Å²) in [5, 5.41) is 0. The minimum Gasteiger partial charge on any atom is -0.353 e. The van der Waals surface area contributed by atoms with E-state index in [-0.39, 0.29) is 11.2 Å². The van der Waals surface area contributed by atoms with Gasteiger partial charge in [0.1, 0.15) is 5.78 Å². The molecule has 4 saturated carbocycles. The third-order valence-electron chi connectivity index (χ3n) is 9.90. The highest BCUT2D eigenvalue weighted by atomic mass is 16.7. The summed E-state index contributed by atoms with van der Waals surface area (Å²) in [6.07, 6.45) is 10.9. The maximum atomic E-state index is 12.3. The molecule has 0 radical (unpaired) electrons. The zero-order chi connectivity index (χ0) is 18.7. The number of rotatable bonds is 3. The second-order valence-corrected chi connectivity index (χ2v) is 10.5. The van der Waals surface area contributed by atoms with Crippen molar-refractivity contribution in [1.82, 2.24) is 0 Å². The van der Waals surface area contributed by atoms with Crippen LogP contribution >= 0.6 is 0 Å². The molecule has 148 valence electrons. The van der Waals surface area contributed by atoms with E-state index in [1.54, 1.807) is 0 Å². The molecule has 7 unspecified atom stereocenters. The van der Waals surface area contributed by atoms with Gasteiger partial charge in [-0.3, -0.25) is 4.79 Å². The molecular weight excluding hydrogens is 324 g/mol. The highest BCUT2D eigenvalue weighted by Crippen LogP contribution is 2.68. The number of fused-ring (bicyclic) bond motifs is 5. The van der Waals surface area contributed by atoms with Crippen LogP contribution < -0.4 is 0 Å². The van der Waals surface area contributed by atoms with Gasteiger partial charge in [0, 0.05) is 33.0 Å². The molecule has 0 amide bonds. The number of carbonyl (C=O) groups excluding carboxylic acids is 1.